The molecular weight excluding hydrogens is 447 g/mol. The monoisotopic (exact) mass is 480 g/mol. The van der Waals surface area contributed by atoms with E-state index in [0.717, 1.165) is 24.6 Å². The van der Waals surface area contributed by atoms with Gasteiger partial charge in [-0.3, -0.25) is 14.5 Å². The number of rotatable bonds is 6. The van der Waals surface area contributed by atoms with Crippen LogP contribution in [0.2, 0.25) is 0 Å². The summed E-state index contributed by atoms with van der Waals surface area (Å²) >= 11 is 0. The minimum atomic E-state index is -0.836. The third-order valence-electron chi connectivity index (χ3n) is 7.55. The number of likely N-dealkylation sites (tertiary alicyclic amines) is 1. The van der Waals surface area contributed by atoms with Gasteiger partial charge in [0.1, 0.15) is 5.83 Å². The number of nitrogens with zero attached hydrogens (tertiary/aromatic N) is 3. The number of hydrogen-bond acceptors (Lipinski definition) is 5. The molecule has 1 aromatic rings. The summed E-state index contributed by atoms with van der Waals surface area (Å²) in [6, 6.07) is 0.199. The van der Waals surface area contributed by atoms with Crippen LogP contribution >= 0.6 is 0 Å². The Balaban J connectivity index is 1.29. The first-order valence-electron chi connectivity index (χ1n) is 12.5. The van der Waals surface area contributed by atoms with Crippen molar-refractivity contribution in [3.63, 3.8) is 0 Å². The molecule has 0 bridgehead atoms. The van der Waals surface area contributed by atoms with E-state index in [1.165, 1.54) is 18.9 Å². The predicted octanol–water partition coefficient (Wildman–Crippen LogP) is 1.20. The number of fused-ring (bicyclic) bond motifs is 1. The van der Waals surface area contributed by atoms with Gasteiger partial charge in [0.2, 0.25) is 5.91 Å². The maximum absolute atomic E-state index is 14.9. The molecule has 2 aliphatic heterocycles. The van der Waals surface area contributed by atoms with Gasteiger partial charge in [0.15, 0.2) is 0 Å². The molecule has 2 saturated heterocycles. The van der Waals surface area contributed by atoms with Crippen molar-refractivity contribution in [3.05, 3.63) is 62.2 Å². The third-order valence-corrected chi connectivity index (χ3v) is 7.55. The Hall–Kier alpha value is -2.84. The number of morpholine rings is 1. The van der Waals surface area contributed by atoms with Gasteiger partial charge in [-0.15, -0.1) is 0 Å². The van der Waals surface area contributed by atoms with Gasteiger partial charge in [0.25, 0.3) is 5.56 Å². The Morgan fingerprint density at radius 1 is 1.34 bits per heavy atom. The van der Waals surface area contributed by atoms with E-state index in [9.17, 15) is 14.0 Å². The van der Waals surface area contributed by atoms with E-state index < -0.39 is 11.7 Å². The molecule has 1 aromatic heterocycles. The molecule has 186 valence electrons. The van der Waals surface area contributed by atoms with Crippen LogP contribution in [-0.2, 0) is 16.0 Å². The van der Waals surface area contributed by atoms with E-state index in [-0.39, 0.29) is 30.0 Å². The lowest BCUT2D eigenvalue weighted by Crippen LogP contribution is -2.51. The topological polar surface area (TPSA) is 78.5 Å². The molecular formula is C27H33FN4O3. The molecule has 3 unspecified atom stereocenters. The van der Waals surface area contributed by atoms with Crippen LogP contribution < -0.4 is 16.0 Å². The van der Waals surface area contributed by atoms with Gasteiger partial charge >= 0.3 is 0 Å². The molecule has 35 heavy (non-hydrogen) atoms. The fourth-order valence-electron chi connectivity index (χ4n) is 5.36. The Bertz CT molecular complexity index is 1250. The second-order valence-electron chi connectivity index (χ2n) is 10.1. The first kappa shape index (κ1) is 23.9. The number of hydrogen-bond donors (Lipinski definition) is 1. The summed E-state index contributed by atoms with van der Waals surface area (Å²) in [5, 5.41) is 7.70. The van der Waals surface area contributed by atoms with Crippen LogP contribution in [0, 0.1) is 11.8 Å². The molecule has 3 heterocycles. The highest BCUT2D eigenvalue weighted by Crippen LogP contribution is 2.35. The van der Waals surface area contributed by atoms with E-state index in [4.69, 9.17) is 4.74 Å². The standard InChI is InChI=1S/C27H33FN4O3/c1-3-4-5-20-17(2)23(29-30-26(20)33)13-19-8-9-22(28)21(12-19)27(34)32-15-24-25(16-32)35-11-10-31(24)14-18-6-7-18/h3-5,8-9,18,21,24-25H,2,6-7,10-16H2,1H3,(H,30,33). The van der Waals surface area contributed by atoms with E-state index in [2.05, 4.69) is 21.7 Å². The van der Waals surface area contributed by atoms with E-state index in [1.807, 2.05) is 13.0 Å². The number of amides is 1. The summed E-state index contributed by atoms with van der Waals surface area (Å²) in [5.74, 6) is -0.645. The molecule has 3 fully saturated rings. The summed E-state index contributed by atoms with van der Waals surface area (Å²) in [6.07, 6.45) is 11.7. The Morgan fingerprint density at radius 2 is 2.17 bits per heavy atom. The third kappa shape index (κ3) is 5.09. The maximum Gasteiger partial charge on any atom is 0.272 e. The van der Waals surface area contributed by atoms with Gasteiger partial charge in [-0.25, -0.2) is 9.49 Å². The molecule has 4 aliphatic rings. The molecule has 1 amide bonds. The highest BCUT2D eigenvalue weighted by atomic mass is 19.1. The SMILES string of the molecule is C=c1c(CC2=CC=C(F)C(C(=O)N3CC4OCCN(CC5CC5)C4C3)C2)n[nH]c(=O)c1=CC=CC. The lowest BCUT2D eigenvalue weighted by Gasteiger charge is -2.36. The van der Waals surface area contributed by atoms with Crippen molar-refractivity contribution in [1.82, 2.24) is 20.0 Å². The number of ether oxygens (including phenoxy) is 1. The Kier molecular flexibility index (Phi) is 6.84. The zero-order chi connectivity index (χ0) is 24.5. The number of H-pyrrole nitrogens is 1. The number of nitrogens with one attached hydrogen (secondary N) is 1. The first-order valence-corrected chi connectivity index (χ1v) is 12.5. The lowest BCUT2D eigenvalue weighted by atomic mass is 9.89. The molecule has 0 aromatic carbocycles. The number of carbonyl (C=O) groups is 1. The average molecular weight is 481 g/mol. The van der Waals surface area contributed by atoms with Gasteiger partial charge in [-0.1, -0.05) is 30.4 Å². The van der Waals surface area contributed by atoms with Gasteiger partial charge in [0, 0.05) is 43.0 Å². The van der Waals surface area contributed by atoms with E-state index >= 15 is 0 Å². The fraction of sp³-hybridized carbons (Fsp3) is 0.519. The minimum absolute atomic E-state index is 0.00278. The van der Waals surface area contributed by atoms with Crippen LogP contribution in [-0.4, -0.2) is 70.8 Å². The highest BCUT2D eigenvalue weighted by molar-refractivity contribution is 5.82. The maximum atomic E-state index is 14.9. The van der Waals surface area contributed by atoms with Gasteiger partial charge in [-0.2, -0.15) is 5.10 Å². The minimum Gasteiger partial charge on any atom is -0.373 e. The summed E-state index contributed by atoms with van der Waals surface area (Å²) in [6.45, 7) is 9.68. The van der Waals surface area contributed by atoms with Crippen LogP contribution in [0.3, 0.4) is 0 Å². The average Bonchev–Trinajstić information content (AvgIpc) is 3.56. The molecule has 5 rings (SSSR count). The highest BCUT2D eigenvalue weighted by Gasteiger charge is 2.45. The molecule has 0 radical (unpaired) electrons. The summed E-state index contributed by atoms with van der Waals surface area (Å²) in [4.78, 5) is 29.8. The number of carbonyl (C=O) groups excluding carboxylic acids is 1. The fourth-order valence-corrected chi connectivity index (χ4v) is 5.36. The van der Waals surface area contributed by atoms with Crippen molar-refractivity contribution in [2.45, 2.75) is 44.8 Å². The van der Waals surface area contributed by atoms with Crippen molar-refractivity contribution in [1.29, 1.82) is 0 Å². The second-order valence-corrected chi connectivity index (χ2v) is 10.1. The lowest BCUT2D eigenvalue weighted by molar-refractivity contribution is -0.134. The molecule has 1 saturated carbocycles. The van der Waals surface area contributed by atoms with Crippen LogP contribution in [0.25, 0.3) is 12.7 Å². The van der Waals surface area contributed by atoms with Crippen molar-refractivity contribution < 1.29 is 13.9 Å². The molecule has 1 N–H and O–H groups in total. The molecule has 2 aliphatic carbocycles. The number of allylic oxidation sites excluding steroid dienone is 5. The smallest absolute Gasteiger partial charge is 0.272 e. The van der Waals surface area contributed by atoms with Crippen molar-refractivity contribution in [3.8, 4) is 0 Å². The first-order chi connectivity index (χ1) is 16.9. The van der Waals surface area contributed by atoms with E-state index in [0.29, 0.717) is 42.2 Å². The molecule has 0 spiro atoms. The van der Waals surface area contributed by atoms with Crippen molar-refractivity contribution in [2.75, 3.05) is 32.8 Å². The number of aromatic amines is 1. The molecule has 8 heteroatoms. The Labute approximate surface area is 204 Å². The van der Waals surface area contributed by atoms with Crippen LogP contribution in [0.15, 0.2) is 40.5 Å². The quantitative estimate of drug-likeness (QED) is 0.662. The summed E-state index contributed by atoms with van der Waals surface area (Å²) in [5.41, 5.74) is 1.20. The normalized spacial score (nSPS) is 27.8. The predicted molar refractivity (Wildman–Crippen MR) is 132 cm³/mol. The largest absolute Gasteiger partial charge is 0.373 e. The zero-order valence-electron chi connectivity index (χ0n) is 20.2. The van der Waals surface area contributed by atoms with E-state index in [1.54, 1.807) is 23.1 Å². The van der Waals surface area contributed by atoms with Gasteiger partial charge in [0.05, 0.1) is 30.4 Å². The van der Waals surface area contributed by atoms with Gasteiger partial charge in [-0.05, 0) is 44.3 Å². The van der Waals surface area contributed by atoms with Crippen molar-refractivity contribution in [2.24, 2.45) is 11.8 Å². The summed E-state index contributed by atoms with van der Waals surface area (Å²) in [7, 11) is 0. The molecule has 7 nitrogen and oxygen atoms in total. The van der Waals surface area contributed by atoms with Crippen LogP contribution in [0.1, 0.15) is 31.9 Å². The second kappa shape index (κ2) is 10.0. The number of aromatic nitrogens is 2. The van der Waals surface area contributed by atoms with Gasteiger partial charge < -0.3 is 9.64 Å². The van der Waals surface area contributed by atoms with Crippen molar-refractivity contribution >= 4 is 18.6 Å². The number of halogens is 1. The zero-order valence-corrected chi connectivity index (χ0v) is 20.2. The Morgan fingerprint density at radius 3 is 2.94 bits per heavy atom. The molecule has 3 atom stereocenters. The van der Waals surface area contributed by atoms with Crippen LogP contribution in [0.5, 0.6) is 0 Å². The summed E-state index contributed by atoms with van der Waals surface area (Å²) < 4.78 is 20.8. The van der Waals surface area contributed by atoms with Crippen LogP contribution in [0.4, 0.5) is 4.39 Å².